The lowest BCUT2D eigenvalue weighted by molar-refractivity contribution is -0.157. The Hall–Kier alpha value is -1.88. The third kappa shape index (κ3) is 5.40. The highest BCUT2D eigenvalue weighted by Crippen LogP contribution is 2.00. The van der Waals surface area contributed by atoms with Gasteiger partial charge >= 0.3 is 11.9 Å². The third-order valence-corrected chi connectivity index (χ3v) is 2.65. The van der Waals surface area contributed by atoms with E-state index in [0.717, 1.165) is 12.0 Å². The number of rotatable bonds is 8. The van der Waals surface area contributed by atoms with E-state index in [2.05, 4.69) is 5.32 Å². The van der Waals surface area contributed by atoms with Crippen molar-refractivity contribution in [3.63, 3.8) is 0 Å². The highest BCUT2D eigenvalue weighted by molar-refractivity contribution is 5.99. The van der Waals surface area contributed by atoms with Crippen LogP contribution in [0.2, 0.25) is 0 Å². The zero-order valence-electron chi connectivity index (χ0n) is 11.9. The summed E-state index contributed by atoms with van der Waals surface area (Å²) in [5.74, 6) is -1.20. The number of hydrogen-bond donors (Lipinski definition) is 1. The molecule has 5 heteroatoms. The first-order valence-corrected chi connectivity index (χ1v) is 6.79. The van der Waals surface area contributed by atoms with Crippen molar-refractivity contribution < 1.29 is 19.1 Å². The Balaban J connectivity index is 2.51. The van der Waals surface area contributed by atoms with E-state index in [-0.39, 0.29) is 13.2 Å². The Morgan fingerprint density at radius 2 is 1.60 bits per heavy atom. The fraction of sp³-hybridized carbons (Fsp3) is 0.467. The van der Waals surface area contributed by atoms with Crippen molar-refractivity contribution in [2.75, 3.05) is 19.8 Å². The van der Waals surface area contributed by atoms with Crippen molar-refractivity contribution in [1.29, 1.82) is 0 Å². The van der Waals surface area contributed by atoms with Gasteiger partial charge < -0.3 is 9.47 Å². The van der Waals surface area contributed by atoms with E-state index in [0.29, 0.717) is 6.54 Å². The molecule has 0 aliphatic rings. The van der Waals surface area contributed by atoms with Gasteiger partial charge in [-0.2, -0.15) is 0 Å². The Bertz CT molecular complexity index is 401. The third-order valence-electron chi connectivity index (χ3n) is 2.65. The van der Waals surface area contributed by atoms with Crippen LogP contribution < -0.4 is 5.32 Å². The van der Waals surface area contributed by atoms with E-state index in [4.69, 9.17) is 9.47 Å². The van der Waals surface area contributed by atoms with Crippen LogP contribution in [0.3, 0.4) is 0 Å². The smallest absolute Gasteiger partial charge is 0.334 e. The maximum atomic E-state index is 11.7. The zero-order valence-corrected chi connectivity index (χ0v) is 11.9. The van der Waals surface area contributed by atoms with Crippen molar-refractivity contribution in [3.05, 3.63) is 35.9 Å². The van der Waals surface area contributed by atoms with Gasteiger partial charge in [0.05, 0.1) is 13.2 Å². The molecule has 0 heterocycles. The minimum absolute atomic E-state index is 0.231. The molecule has 0 saturated carbocycles. The lowest BCUT2D eigenvalue weighted by Gasteiger charge is -2.15. The van der Waals surface area contributed by atoms with Gasteiger partial charge in [0.25, 0.3) is 0 Å². The summed E-state index contributed by atoms with van der Waals surface area (Å²) < 4.78 is 9.74. The average molecular weight is 279 g/mol. The highest BCUT2D eigenvalue weighted by atomic mass is 16.6. The van der Waals surface area contributed by atoms with Gasteiger partial charge in [-0.25, -0.2) is 9.59 Å². The molecular formula is C15H21NO4. The predicted molar refractivity (Wildman–Crippen MR) is 75.2 cm³/mol. The Labute approximate surface area is 119 Å². The molecule has 0 spiro atoms. The van der Waals surface area contributed by atoms with Crippen LogP contribution in [0, 0.1) is 0 Å². The molecule has 0 radical (unpaired) electrons. The second-order valence-electron chi connectivity index (χ2n) is 4.13. The van der Waals surface area contributed by atoms with Crippen molar-refractivity contribution >= 4 is 11.9 Å². The standard InChI is InChI=1S/C15H21NO4/c1-3-19-14(17)13(15(18)20-4-2)16-11-10-12-8-6-5-7-9-12/h5-9,13,16H,3-4,10-11H2,1-2H3. The van der Waals surface area contributed by atoms with E-state index in [9.17, 15) is 9.59 Å². The number of esters is 2. The maximum absolute atomic E-state index is 11.7. The Kier molecular flexibility index (Phi) is 7.35. The molecule has 5 nitrogen and oxygen atoms in total. The first kappa shape index (κ1) is 16.2. The van der Waals surface area contributed by atoms with Gasteiger partial charge in [-0.1, -0.05) is 30.3 Å². The fourth-order valence-electron chi connectivity index (χ4n) is 1.72. The molecular weight excluding hydrogens is 258 g/mol. The predicted octanol–water partition coefficient (Wildman–Crippen LogP) is 1.31. The minimum atomic E-state index is -1.06. The molecule has 20 heavy (non-hydrogen) atoms. The highest BCUT2D eigenvalue weighted by Gasteiger charge is 2.28. The van der Waals surface area contributed by atoms with Crippen LogP contribution in [-0.2, 0) is 25.5 Å². The summed E-state index contributed by atoms with van der Waals surface area (Å²) in [5, 5.41) is 2.89. The summed E-state index contributed by atoms with van der Waals surface area (Å²) in [6.45, 7) is 4.35. The molecule has 0 aliphatic carbocycles. The maximum Gasteiger partial charge on any atom is 0.334 e. The van der Waals surface area contributed by atoms with Crippen LogP contribution in [0.15, 0.2) is 30.3 Å². The van der Waals surface area contributed by atoms with Gasteiger partial charge in [-0.3, -0.25) is 5.32 Å². The van der Waals surface area contributed by atoms with Crippen molar-refractivity contribution in [2.45, 2.75) is 26.3 Å². The van der Waals surface area contributed by atoms with E-state index in [1.54, 1.807) is 13.8 Å². The molecule has 0 saturated heterocycles. The number of ether oxygens (including phenoxy) is 2. The van der Waals surface area contributed by atoms with Crippen molar-refractivity contribution in [2.24, 2.45) is 0 Å². The van der Waals surface area contributed by atoms with Crippen LogP contribution in [-0.4, -0.2) is 37.7 Å². The molecule has 0 fully saturated rings. The number of carbonyl (C=O) groups excluding carboxylic acids is 2. The van der Waals surface area contributed by atoms with Crippen LogP contribution in [0.1, 0.15) is 19.4 Å². The minimum Gasteiger partial charge on any atom is -0.464 e. The van der Waals surface area contributed by atoms with Crippen LogP contribution >= 0.6 is 0 Å². The number of hydrogen-bond acceptors (Lipinski definition) is 5. The summed E-state index contributed by atoms with van der Waals surface area (Å²) in [6.07, 6.45) is 0.718. The normalized spacial score (nSPS) is 10.3. The Morgan fingerprint density at radius 3 is 2.10 bits per heavy atom. The fourth-order valence-corrected chi connectivity index (χ4v) is 1.72. The lowest BCUT2D eigenvalue weighted by atomic mass is 10.1. The molecule has 1 N–H and O–H groups in total. The molecule has 0 aromatic heterocycles. The van der Waals surface area contributed by atoms with E-state index < -0.39 is 18.0 Å². The molecule has 0 aliphatic heterocycles. The lowest BCUT2D eigenvalue weighted by Crippen LogP contribution is -2.46. The zero-order chi connectivity index (χ0) is 14.8. The van der Waals surface area contributed by atoms with Crippen LogP contribution in [0.5, 0.6) is 0 Å². The van der Waals surface area contributed by atoms with Crippen molar-refractivity contribution in [1.82, 2.24) is 5.32 Å². The molecule has 1 aromatic carbocycles. The van der Waals surface area contributed by atoms with E-state index >= 15 is 0 Å². The van der Waals surface area contributed by atoms with Crippen molar-refractivity contribution in [3.8, 4) is 0 Å². The number of benzene rings is 1. The second kappa shape index (κ2) is 9.09. The van der Waals surface area contributed by atoms with E-state index in [1.165, 1.54) is 0 Å². The van der Waals surface area contributed by atoms with E-state index in [1.807, 2.05) is 30.3 Å². The SMILES string of the molecule is CCOC(=O)C(NCCc1ccccc1)C(=O)OCC. The summed E-state index contributed by atoms with van der Waals surface area (Å²) in [5.41, 5.74) is 1.13. The van der Waals surface area contributed by atoms with Gasteiger partial charge in [0.2, 0.25) is 6.04 Å². The van der Waals surface area contributed by atoms with Crippen LogP contribution in [0.4, 0.5) is 0 Å². The van der Waals surface area contributed by atoms with Gasteiger partial charge in [0, 0.05) is 6.54 Å². The molecule has 0 amide bonds. The second-order valence-corrected chi connectivity index (χ2v) is 4.13. The monoisotopic (exact) mass is 279 g/mol. The topological polar surface area (TPSA) is 64.6 Å². The molecule has 110 valence electrons. The van der Waals surface area contributed by atoms with Crippen LogP contribution in [0.25, 0.3) is 0 Å². The molecule has 0 bridgehead atoms. The number of nitrogens with one attached hydrogen (secondary N) is 1. The molecule has 1 aromatic rings. The van der Waals surface area contributed by atoms with Gasteiger partial charge in [0.15, 0.2) is 0 Å². The average Bonchev–Trinajstić information content (AvgIpc) is 2.45. The first-order valence-electron chi connectivity index (χ1n) is 6.79. The quantitative estimate of drug-likeness (QED) is 0.574. The first-order chi connectivity index (χ1) is 9.69. The Morgan fingerprint density at radius 1 is 1.05 bits per heavy atom. The summed E-state index contributed by atoms with van der Waals surface area (Å²) in [7, 11) is 0. The molecule has 0 atom stereocenters. The van der Waals surface area contributed by atoms with Gasteiger partial charge in [-0.15, -0.1) is 0 Å². The molecule has 1 rings (SSSR count). The summed E-state index contributed by atoms with van der Waals surface area (Å²) >= 11 is 0. The van der Waals surface area contributed by atoms with Gasteiger partial charge in [-0.05, 0) is 25.8 Å². The number of carbonyl (C=O) groups is 2. The molecule has 0 unspecified atom stereocenters. The summed E-state index contributed by atoms with van der Waals surface area (Å²) in [4.78, 5) is 23.4. The summed E-state index contributed by atoms with van der Waals surface area (Å²) in [6, 6.07) is 8.76. The largest absolute Gasteiger partial charge is 0.464 e. The van der Waals surface area contributed by atoms with Gasteiger partial charge in [0.1, 0.15) is 0 Å².